The van der Waals surface area contributed by atoms with Crippen LogP contribution in [0.5, 0.6) is 5.75 Å². The van der Waals surface area contributed by atoms with Gasteiger partial charge in [-0.05, 0) is 57.0 Å². The van der Waals surface area contributed by atoms with Crippen LogP contribution in [0.4, 0.5) is 0 Å². The molecule has 7 nitrogen and oxygen atoms in total. The molecule has 4 heterocycles. The Morgan fingerprint density at radius 2 is 1.28 bits per heavy atom. The van der Waals surface area contributed by atoms with Crippen molar-refractivity contribution >= 4 is 0 Å². The van der Waals surface area contributed by atoms with Crippen molar-refractivity contribution in [2.45, 2.75) is 57.0 Å². The molecule has 186 valence electrons. The van der Waals surface area contributed by atoms with Gasteiger partial charge in [0.15, 0.2) is 6.79 Å². The number of para-hydroxylation sites is 1. The summed E-state index contributed by atoms with van der Waals surface area (Å²) >= 11 is 0. The molecule has 36 heavy (non-hydrogen) atoms. The van der Waals surface area contributed by atoms with E-state index in [0.29, 0.717) is 5.75 Å². The van der Waals surface area contributed by atoms with Gasteiger partial charge >= 0.3 is 71.6 Å². The largest absolute Gasteiger partial charge is 1.00 e. The van der Waals surface area contributed by atoms with Gasteiger partial charge in [-0.2, -0.15) is 0 Å². The molecule has 2 bridgehead atoms. The molecule has 4 atom stereocenters. The smallest absolute Gasteiger partial charge is 0 e. The second-order valence-corrected chi connectivity index (χ2v) is 8.57. The molecule has 0 unspecified atom stereocenters. The van der Waals surface area contributed by atoms with Gasteiger partial charge in [-0.15, -0.1) is 5.75 Å². The Bertz CT molecular complexity index is 668. The molecule has 1 aromatic carbocycles. The summed E-state index contributed by atoms with van der Waals surface area (Å²) in [6, 6.07) is 13.0. The zero-order valence-electron chi connectivity index (χ0n) is 21.9. The van der Waals surface area contributed by atoms with Gasteiger partial charge in [0.1, 0.15) is 0 Å². The number of benzene rings is 1. The molecule has 4 saturated heterocycles. The Hall–Kier alpha value is -0.153. The van der Waals surface area contributed by atoms with Gasteiger partial charge in [0.05, 0.1) is 0 Å². The van der Waals surface area contributed by atoms with Gasteiger partial charge in [-0.25, -0.2) is 0 Å². The molecule has 0 aliphatic carbocycles. The summed E-state index contributed by atoms with van der Waals surface area (Å²) in [5.74, 6) is 2.62. The normalized spacial score (nSPS) is 25.1. The van der Waals surface area contributed by atoms with Crippen LogP contribution >= 0.6 is 0 Å². The predicted molar refractivity (Wildman–Crippen MR) is 118 cm³/mol. The SMILES string of the molecule is C1CCN2C[C@H]3C[C@H](CN4CCCC[C@@H]34)[C@H]2C1.COCOc1[c-]ccc[c-]1.[C-]#[O+].[C-]#[O+].[C-]#[O+].[Cr].[Li+].[Li+]. The van der Waals surface area contributed by atoms with E-state index in [1.165, 1.54) is 64.7 Å². The van der Waals surface area contributed by atoms with Crippen LogP contribution in [0.2, 0.25) is 0 Å². The summed E-state index contributed by atoms with van der Waals surface area (Å²) in [5, 5.41) is 0. The minimum Gasteiger partial charge on any atom is 0 e. The van der Waals surface area contributed by atoms with E-state index >= 15 is 0 Å². The van der Waals surface area contributed by atoms with E-state index in [1.807, 2.05) is 6.07 Å². The first-order valence-electron chi connectivity index (χ1n) is 11.4. The monoisotopic (exact) mass is 520 g/mol. The fourth-order valence-electron chi connectivity index (χ4n) is 5.79. The van der Waals surface area contributed by atoms with Crippen LogP contribution in [-0.2, 0) is 36.1 Å². The maximum absolute atomic E-state index is 7.50. The number of ether oxygens (including phenoxy) is 2. The van der Waals surface area contributed by atoms with Crippen LogP contribution in [-0.4, -0.2) is 62.0 Å². The quantitative estimate of drug-likeness (QED) is 0.191. The number of rotatable bonds is 3. The zero-order valence-corrected chi connectivity index (χ0v) is 23.1. The van der Waals surface area contributed by atoms with Crippen molar-refractivity contribution in [1.82, 2.24) is 9.80 Å². The third-order valence-electron chi connectivity index (χ3n) is 6.90. The molecule has 1 aromatic rings. The van der Waals surface area contributed by atoms with E-state index in [2.05, 4.69) is 46.6 Å². The van der Waals surface area contributed by atoms with E-state index in [4.69, 9.17) is 18.7 Å². The Morgan fingerprint density at radius 1 is 0.833 bits per heavy atom. The second-order valence-electron chi connectivity index (χ2n) is 8.57. The van der Waals surface area contributed by atoms with Crippen LogP contribution < -0.4 is 42.5 Å². The molecule has 5 rings (SSSR count). The van der Waals surface area contributed by atoms with E-state index in [1.54, 1.807) is 25.7 Å². The number of nitrogens with zero attached hydrogens (tertiary/aromatic N) is 2. The van der Waals surface area contributed by atoms with Crippen molar-refractivity contribution in [1.29, 1.82) is 0 Å². The van der Waals surface area contributed by atoms with E-state index in [9.17, 15) is 0 Å². The van der Waals surface area contributed by atoms with Gasteiger partial charge in [-0.3, -0.25) is 28.0 Å². The predicted octanol–water partition coefficient (Wildman–Crippen LogP) is -2.49. The minimum atomic E-state index is 0. The average Bonchev–Trinajstić information content (AvgIpc) is 2.92. The number of hydrogen-bond acceptors (Lipinski definition) is 4. The van der Waals surface area contributed by atoms with Crippen LogP contribution in [0, 0.1) is 43.9 Å². The zero-order chi connectivity index (χ0) is 24.5. The Balaban J connectivity index is -0.000000503. The molecule has 4 aliphatic heterocycles. The van der Waals surface area contributed by atoms with Crippen molar-refractivity contribution in [2.24, 2.45) is 11.8 Å². The number of hydrogen-bond donors (Lipinski definition) is 0. The van der Waals surface area contributed by atoms with Gasteiger partial charge in [0.2, 0.25) is 0 Å². The average molecular weight is 520 g/mol. The topological polar surface area (TPSA) is 84.6 Å². The number of fused-ring (bicyclic) bond motifs is 6. The Morgan fingerprint density at radius 3 is 1.69 bits per heavy atom. The molecule has 0 N–H and O–H groups in total. The first-order valence-corrected chi connectivity index (χ1v) is 11.4. The number of methoxy groups -OCH3 is 1. The summed E-state index contributed by atoms with van der Waals surface area (Å²) < 4.78 is 32.2. The molecular weight excluding hydrogens is 486 g/mol. The summed E-state index contributed by atoms with van der Waals surface area (Å²) in [7, 11) is 1.57. The van der Waals surface area contributed by atoms with Crippen LogP contribution in [0.1, 0.15) is 44.9 Å². The first-order chi connectivity index (χ1) is 16.3. The summed E-state index contributed by atoms with van der Waals surface area (Å²) in [5.41, 5.74) is 0. The van der Waals surface area contributed by atoms with E-state index in [0.717, 1.165) is 23.9 Å². The third-order valence-corrected chi connectivity index (χ3v) is 6.90. The van der Waals surface area contributed by atoms with Crippen LogP contribution in [0.25, 0.3) is 0 Å². The summed E-state index contributed by atoms with van der Waals surface area (Å²) in [4.78, 5) is 5.74. The Labute approximate surface area is 252 Å². The molecule has 10 heteroatoms. The van der Waals surface area contributed by atoms with Crippen LogP contribution in [0.15, 0.2) is 18.2 Å². The van der Waals surface area contributed by atoms with Crippen molar-refractivity contribution in [3.8, 4) is 5.75 Å². The summed E-state index contributed by atoms with van der Waals surface area (Å²) in [6.07, 6.45) is 10.5. The van der Waals surface area contributed by atoms with Crippen molar-refractivity contribution < 1.29 is 78.5 Å². The van der Waals surface area contributed by atoms with Gasteiger partial charge in [0, 0.05) is 49.6 Å². The van der Waals surface area contributed by atoms with Gasteiger partial charge < -0.3 is 21.6 Å². The fraction of sp³-hybridized carbons (Fsp3) is 0.654. The van der Waals surface area contributed by atoms with Gasteiger partial charge in [0.25, 0.3) is 0 Å². The minimum absolute atomic E-state index is 0. The molecule has 0 spiro atoms. The molecule has 0 aromatic heterocycles. The van der Waals surface area contributed by atoms with Crippen molar-refractivity contribution in [3.05, 3.63) is 50.3 Å². The van der Waals surface area contributed by atoms with Crippen molar-refractivity contribution in [2.75, 3.05) is 40.1 Å². The van der Waals surface area contributed by atoms with E-state index in [-0.39, 0.29) is 61.9 Å². The van der Waals surface area contributed by atoms with Gasteiger partial charge in [-0.1, -0.05) is 12.8 Å². The molecule has 4 fully saturated rings. The molecule has 0 amide bonds. The number of piperidine rings is 4. The molecule has 4 aliphatic rings. The molecular formula is C26H34CrLi2N2O5. The molecule has 0 saturated carbocycles. The van der Waals surface area contributed by atoms with Crippen molar-refractivity contribution in [3.63, 3.8) is 0 Å². The second kappa shape index (κ2) is 25.1. The Kier molecular flexibility index (Phi) is 28.2. The van der Waals surface area contributed by atoms with Crippen LogP contribution in [0.3, 0.4) is 0 Å². The summed E-state index contributed by atoms with van der Waals surface area (Å²) in [6.45, 7) is 19.4. The molecule has 0 radical (unpaired) electrons. The standard InChI is InChI=1S/C15H26N2.C8H8O2.3CO.Cr.2Li/c1-3-7-16-11-13-9-12(14(16)5-1)10-17-8-4-2-6-15(13)17;1-9-7-10-8-5-3-2-4-6-8;3*1-2;;;/h12-15H,1-11H2;2-4H,7H2,1H3;;;;;;/q;-2;;;;;2*+1/t12-,13-,14-,15+;;;;;;;/m1......./s1. The maximum Gasteiger partial charge on any atom is 1.00 e. The van der Waals surface area contributed by atoms with E-state index < -0.39 is 0 Å². The first kappa shape index (κ1) is 40.3. The fourth-order valence-corrected chi connectivity index (χ4v) is 5.79. The third kappa shape index (κ3) is 12.6. The maximum atomic E-state index is 7.50.